The lowest BCUT2D eigenvalue weighted by atomic mass is 10.3. The molecule has 2 heterocycles. The summed E-state index contributed by atoms with van der Waals surface area (Å²) in [5, 5.41) is 2.07. The minimum Gasteiger partial charge on any atom is -0.295 e. The number of ketones is 1. The molecule has 1 nitrogen and oxygen atoms in total. The summed E-state index contributed by atoms with van der Waals surface area (Å²) in [7, 11) is 0. The first-order chi connectivity index (χ1) is 7.25. The first kappa shape index (κ1) is 10.3. The summed E-state index contributed by atoms with van der Waals surface area (Å²) in [5.41, 5.74) is 0. The lowest BCUT2D eigenvalue weighted by molar-refractivity contribution is -0.112. The van der Waals surface area contributed by atoms with Crippen LogP contribution in [0.3, 0.4) is 0 Å². The van der Waals surface area contributed by atoms with Gasteiger partial charge in [-0.25, -0.2) is 0 Å². The number of carbonyl (C=O) groups is 1. The number of rotatable bonds is 3. The lowest BCUT2D eigenvalue weighted by Gasteiger charge is -1.87. The number of hydrogen-bond acceptors (Lipinski definition) is 3. The topological polar surface area (TPSA) is 17.1 Å². The molecule has 0 saturated carbocycles. The lowest BCUT2D eigenvalue weighted by Crippen LogP contribution is -1.77. The van der Waals surface area contributed by atoms with Crippen LogP contribution in [0.25, 0.3) is 15.8 Å². The van der Waals surface area contributed by atoms with Crippen molar-refractivity contribution in [2.75, 3.05) is 0 Å². The summed E-state index contributed by atoms with van der Waals surface area (Å²) >= 11 is 3.44. The molecule has 76 valence electrons. The van der Waals surface area contributed by atoms with Gasteiger partial charge in [-0.3, -0.25) is 4.79 Å². The van der Waals surface area contributed by atoms with Crippen LogP contribution in [0.15, 0.2) is 35.7 Å². The molecule has 0 N–H and O–H groups in total. The smallest absolute Gasteiger partial charge is 0.152 e. The van der Waals surface area contributed by atoms with Gasteiger partial charge in [0.15, 0.2) is 5.78 Å². The Labute approximate surface area is 96.7 Å². The van der Waals surface area contributed by atoms with Crippen LogP contribution in [0.5, 0.6) is 0 Å². The van der Waals surface area contributed by atoms with E-state index in [9.17, 15) is 4.79 Å². The Balaban J connectivity index is 2.21. The van der Waals surface area contributed by atoms with E-state index in [1.807, 2.05) is 18.2 Å². The van der Waals surface area contributed by atoms with Crippen LogP contribution >= 0.6 is 22.7 Å². The minimum absolute atomic E-state index is 0.0843. The van der Waals surface area contributed by atoms with Gasteiger partial charge in [-0.2, -0.15) is 0 Å². The van der Waals surface area contributed by atoms with Gasteiger partial charge >= 0.3 is 0 Å². The average Bonchev–Trinajstić information content (AvgIpc) is 2.85. The molecule has 0 aromatic carbocycles. The predicted molar refractivity (Wildman–Crippen MR) is 67.3 cm³/mol. The molecule has 0 aliphatic rings. The second kappa shape index (κ2) is 4.55. The third kappa shape index (κ3) is 2.64. The fourth-order valence-corrected chi connectivity index (χ4v) is 2.94. The molecule has 0 fully saturated rings. The predicted octanol–water partition coefficient (Wildman–Crippen LogP) is 4.08. The third-order valence-electron chi connectivity index (χ3n) is 1.87. The van der Waals surface area contributed by atoms with E-state index in [1.165, 1.54) is 9.75 Å². The van der Waals surface area contributed by atoms with E-state index in [4.69, 9.17) is 0 Å². The molecule has 0 atom stereocenters. The Kier molecular flexibility index (Phi) is 3.14. The molecule has 0 amide bonds. The molecule has 2 aromatic heterocycles. The monoisotopic (exact) mass is 234 g/mol. The van der Waals surface area contributed by atoms with Crippen molar-refractivity contribution in [2.45, 2.75) is 6.92 Å². The standard InChI is InChI=1S/C12H10OS2/c1-9(13)4-5-10-6-7-12(15-10)11-3-2-8-14-11/h2-8H,1H3/b5-4+. The van der Waals surface area contributed by atoms with Gasteiger partial charge in [-0.1, -0.05) is 6.07 Å². The van der Waals surface area contributed by atoms with E-state index < -0.39 is 0 Å². The summed E-state index contributed by atoms with van der Waals surface area (Å²) in [4.78, 5) is 14.4. The molecule has 0 radical (unpaired) electrons. The normalized spacial score (nSPS) is 11.0. The molecule has 0 spiro atoms. The maximum absolute atomic E-state index is 10.8. The Morgan fingerprint density at radius 2 is 2.13 bits per heavy atom. The zero-order valence-electron chi connectivity index (χ0n) is 8.27. The highest BCUT2D eigenvalue weighted by Crippen LogP contribution is 2.31. The van der Waals surface area contributed by atoms with Crippen molar-refractivity contribution in [1.82, 2.24) is 0 Å². The van der Waals surface area contributed by atoms with E-state index in [1.54, 1.807) is 35.7 Å². The van der Waals surface area contributed by atoms with Crippen molar-refractivity contribution in [3.05, 3.63) is 40.6 Å². The molecule has 0 bridgehead atoms. The Morgan fingerprint density at radius 3 is 2.80 bits per heavy atom. The van der Waals surface area contributed by atoms with Crippen molar-refractivity contribution in [3.8, 4) is 9.75 Å². The van der Waals surface area contributed by atoms with Crippen LogP contribution in [-0.4, -0.2) is 5.78 Å². The highest BCUT2D eigenvalue weighted by molar-refractivity contribution is 7.21. The molecule has 0 saturated heterocycles. The largest absolute Gasteiger partial charge is 0.295 e. The van der Waals surface area contributed by atoms with Gasteiger partial charge in [0, 0.05) is 14.6 Å². The molecule has 15 heavy (non-hydrogen) atoms. The van der Waals surface area contributed by atoms with E-state index in [-0.39, 0.29) is 5.78 Å². The van der Waals surface area contributed by atoms with Crippen LogP contribution in [0.1, 0.15) is 11.8 Å². The van der Waals surface area contributed by atoms with Gasteiger partial charge < -0.3 is 0 Å². The van der Waals surface area contributed by atoms with Crippen LogP contribution < -0.4 is 0 Å². The minimum atomic E-state index is 0.0843. The third-order valence-corrected chi connectivity index (χ3v) is 3.99. The maximum Gasteiger partial charge on any atom is 0.152 e. The Morgan fingerprint density at radius 1 is 1.27 bits per heavy atom. The van der Waals surface area contributed by atoms with Gasteiger partial charge in [0.25, 0.3) is 0 Å². The highest BCUT2D eigenvalue weighted by atomic mass is 32.1. The zero-order valence-corrected chi connectivity index (χ0v) is 9.90. The Hall–Kier alpha value is -1.19. The van der Waals surface area contributed by atoms with E-state index in [0.717, 1.165) is 4.88 Å². The summed E-state index contributed by atoms with van der Waals surface area (Å²) in [6, 6.07) is 8.29. The summed E-state index contributed by atoms with van der Waals surface area (Å²) < 4.78 is 0. The van der Waals surface area contributed by atoms with Crippen molar-refractivity contribution in [1.29, 1.82) is 0 Å². The number of carbonyl (C=O) groups excluding carboxylic acids is 1. The van der Waals surface area contributed by atoms with Gasteiger partial charge in [0.05, 0.1) is 0 Å². The zero-order chi connectivity index (χ0) is 10.7. The fraction of sp³-hybridized carbons (Fsp3) is 0.0833. The summed E-state index contributed by atoms with van der Waals surface area (Å²) in [6.07, 6.45) is 3.47. The first-order valence-corrected chi connectivity index (χ1v) is 6.28. The number of thiophene rings is 2. The van der Waals surface area contributed by atoms with Crippen LogP contribution in [0.2, 0.25) is 0 Å². The second-order valence-electron chi connectivity index (χ2n) is 3.12. The Bertz CT molecular complexity index is 477. The maximum atomic E-state index is 10.8. The first-order valence-electron chi connectivity index (χ1n) is 4.58. The van der Waals surface area contributed by atoms with Crippen molar-refractivity contribution >= 4 is 34.5 Å². The molecule has 0 aliphatic heterocycles. The quantitative estimate of drug-likeness (QED) is 0.731. The number of allylic oxidation sites excluding steroid dienone is 1. The number of hydrogen-bond donors (Lipinski definition) is 0. The van der Waals surface area contributed by atoms with Gasteiger partial charge in [-0.05, 0) is 42.7 Å². The molecular formula is C12H10OS2. The van der Waals surface area contributed by atoms with Crippen LogP contribution in [-0.2, 0) is 4.79 Å². The van der Waals surface area contributed by atoms with E-state index in [2.05, 4.69) is 17.5 Å². The summed E-state index contributed by atoms with van der Waals surface area (Å²) in [6.45, 7) is 1.56. The van der Waals surface area contributed by atoms with Gasteiger partial charge in [-0.15, -0.1) is 22.7 Å². The molecule has 0 aliphatic carbocycles. The second-order valence-corrected chi connectivity index (χ2v) is 5.19. The van der Waals surface area contributed by atoms with Gasteiger partial charge in [0.2, 0.25) is 0 Å². The molecule has 2 aromatic rings. The van der Waals surface area contributed by atoms with Crippen molar-refractivity contribution < 1.29 is 4.79 Å². The van der Waals surface area contributed by atoms with Gasteiger partial charge in [0.1, 0.15) is 0 Å². The summed E-state index contributed by atoms with van der Waals surface area (Å²) in [5.74, 6) is 0.0843. The van der Waals surface area contributed by atoms with Crippen LogP contribution in [0, 0.1) is 0 Å². The average molecular weight is 234 g/mol. The van der Waals surface area contributed by atoms with Crippen molar-refractivity contribution in [3.63, 3.8) is 0 Å². The SMILES string of the molecule is CC(=O)/C=C/c1ccc(-c2cccs2)s1. The molecule has 2 rings (SSSR count). The van der Waals surface area contributed by atoms with E-state index in [0.29, 0.717) is 0 Å². The van der Waals surface area contributed by atoms with E-state index >= 15 is 0 Å². The molecule has 0 unspecified atom stereocenters. The fourth-order valence-electron chi connectivity index (χ4n) is 1.19. The van der Waals surface area contributed by atoms with Crippen LogP contribution in [0.4, 0.5) is 0 Å². The molecule has 3 heteroatoms. The molecular weight excluding hydrogens is 224 g/mol. The highest BCUT2D eigenvalue weighted by Gasteiger charge is 2.01. The van der Waals surface area contributed by atoms with Crippen molar-refractivity contribution in [2.24, 2.45) is 0 Å².